The third-order valence-electron chi connectivity index (χ3n) is 3.05. The highest BCUT2D eigenvalue weighted by molar-refractivity contribution is 6.18. The van der Waals surface area contributed by atoms with Crippen molar-refractivity contribution in [2.75, 3.05) is 17.3 Å². The van der Waals surface area contributed by atoms with Crippen LogP contribution in [0.4, 0.5) is 5.69 Å². The van der Waals surface area contributed by atoms with Crippen LogP contribution in [0.1, 0.15) is 25.7 Å². The van der Waals surface area contributed by atoms with Crippen LogP contribution >= 0.6 is 11.6 Å². The number of halogens is 1. The minimum Gasteiger partial charge on any atom is -0.367 e. The predicted octanol–water partition coefficient (Wildman–Crippen LogP) is 3.07. The van der Waals surface area contributed by atoms with Crippen LogP contribution in [-0.2, 0) is 0 Å². The molecule has 1 saturated heterocycles. The molecule has 0 N–H and O–H groups in total. The quantitative estimate of drug-likeness (QED) is 0.718. The number of aromatic nitrogens is 1. The first-order valence-electron chi connectivity index (χ1n) is 5.64. The Bertz CT molecular complexity index is 289. The summed E-state index contributed by atoms with van der Waals surface area (Å²) in [6.45, 7) is 1.13. The van der Waals surface area contributed by atoms with Gasteiger partial charge < -0.3 is 4.90 Å². The van der Waals surface area contributed by atoms with Crippen LogP contribution < -0.4 is 4.90 Å². The fourth-order valence-electron chi connectivity index (χ4n) is 2.21. The molecule has 1 aromatic rings. The number of alkyl halides is 1. The molecule has 0 aromatic carbocycles. The van der Waals surface area contributed by atoms with Crippen molar-refractivity contribution in [2.45, 2.75) is 31.7 Å². The fourth-order valence-corrected chi connectivity index (χ4v) is 2.53. The van der Waals surface area contributed by atoms with Gasteiger partial charge in [0.2, 0.25) is 0 Å². The highest BCUT2D eigenvalue weighted by Gasteiger charge is 2.19. The number of hydrogen-bond donors (Lipinski definition) is 0. The Balaban J connectivity index is 2.16. The van der Waals surface area contributed by atoms with Gasteiger partial charge in [0.1, 0.15) is 0 Å². The van der Waals surface area contributed by atoms with Gasteiger partial charge in [0, 0.05) is 36.5 Å². The van der Waals surface area contributed by atoms with E-state index in [9.17, 15) is 0 Å². The molecule has 1 atom stereocenters. The minimum absolute atomic E-state index is 0.497. The number of pyridine rings is 1. The van der Waals surface area contributed by atoms with Gasteiger partial charge in [-0.05, 0) is 25.0 Å². The number of anilines is 1. The van der Waals surface area contributed by atoms with Gasteiger partial charge in [0.25, 0.3) is 0 Å². The van der Waals surface area contributed by atoms with Crippen molar-refractivity contribution < 1.29 is 0 Å². The number of hydrogen-bond acceptors (Lipinski definition) is 2. The molecule has 2 rings (SSSR count). The van der Waals surface area contributed by atoms with E-state index in [-0.39, 0.29) is 0 Å². The van der Waals surface area contributed by atoms with E-state index in [4.69, 9.17) is 11.6 Å². The Morgan fingerprint density at radius 3 is 2.80 bits per heavy atom. The van der Waals surface area contributed by atoms with Gasteiger partial charge in [-0.25, -0.2) is 0 Å². The molecule has 1 fully saturated rings. The molecule has 0 aliphatic carbocycles. The lowest BCUT2D eigenvalue weighted by molar-refractivity contribution is 0.621. The van der Waals surface area contributed by atoms with Crippen molar-refractivity contribution in [1.29, 1.82) is 0 Å². The Morgan fingerprint density at radius 2 is 2.07 bits per heavy atom. The van der Waals surface area contributed by atoms with Gasteiger partial charge in [0.15, 0.2) is 0 Å². The maximum Gasteiger partial charge on any atom is 0.0427 e. The molecular formula is C12H17ClN2. The lowest BCUT2D eigenvalue weighted by atomic mass is 10.1. The first kappa shape index (κ1) is 10.7. The summed E-state index contributed by atoms with van der Waals surface area (Å²) >= 11 is 6.04. The van der Waals surface area contributed by atoms with Crippen LogP contribution in [0.15, 0.2) is 24.5 Å². The van der Waals surface area contributed by atoms with Crippen LogP contribution in [0.2, 0.25) is 0 Å². The zero-order valence-corrected chi connectivity index (χ0v) is 9.66. The normalized spacial score (nSPS) is 22.5. The zero-order valence-electron chi connectivity index (χ0n) is 8.90. The molecule has 15 heavy (non-hydrogen) atoms. The van der Waals surface area contributed by atoms with E-state index in [0.29, 0.717) is 6.04 Å². The minimum atomic E-state index is 0.497. The van der Waals surface area contributed by atoms with Crippen molar-refractivity contribution in [2.24, 2.45) is 0 Å². The number of rotatable bonds is 2. The Morgan fingerprint density at radius 1 is 1.27 bits per heavy atom. The van der Waals surface area contributed by atoms with Gasteiger partial charge in [0.05, 0.1) is 0 Å². The lowest BCUT2D eigenvalue weighted by Crippen LogP contribution is -2.36. The van der Waals surface area contributed by atoms with Gasteiger partial charge in [-0.2, -0.15) is 0 Å². The average Bonchev–Trinajstić information content (AvgIpc) is 2.55. The lowest BCUT2D eigenvalue weighted by Gasteiger charge is -2.30. The first-order valence-corrected chi connectivity index (χ1v) is 6.18. The molecule has 1 unspecified atom stereocenters. The van der Waals surface area contributed by atoms with E-state index in [1.807, 2.05) is 12.4 Å². The topological polar surface area (TPSA) is 16.1 Å². The first-order chi connectivity index (χ1) is 7.42. The fraction of sp³-hybridized carbons (Fsp3) is 0.583. The second-order valence-electron chi connectivity index (χ2n) is 4.06. The zero-order chi connectivity index (χ0) is 10.5. The molecule has 0 radical (unpaired) electrons. The molecule has 3 heteroatoms. The molecule has 1 aliphatic heterocycles. The van der Waals surface area contributed by atoms with E-state index < -0.39 is 0 Å². The highest BCUT2D eigenvalue weighted by Crippen LogP contribution is 2.24. The predicted molar refractivity (Wildman–Crippen MR) is 64.6 cm³/mol. The summed E-state index contributed by atoms with van der Waals surface area (Å²) in [5.74, 6) is 0.725. The second kappa shape index (κ2) is 5.36. The van der Waals surface area contributed by atoms with Gasteiger partial charge in [-0.15, -0.1) is 11.6 Å². The van der Waals surface area contributed by atoms with Crippen LogP contribution in [-0.4, -0.2) is 23.5 Å². The van der Waals surface area contributed by atoms with Crippen molar-refractivity contribution in [1.82, 2.24) is 4.98 Å². The molecule has 0 amide bonds. The average molecular weight is 225 g/mol. The van der Waals surface area contributed by atoms with Crippen LogP contribution in [0, 0.1) is 0 Å². The maximum atomic E-state index is 6.04. The van der Waals surface area contributed by atoms with E-state index in [1.54, 1.807) is 0 Å². The molecule has 0 saturated carbocycles. The Hall–Kier alpha value is -0.760. The second-order valence-corrected chi connectivity index (χ2v) is 4.36. The van der Waals surface area contributed by atoms with Gasteiger partial charge in [-0.1, -0.05) is 12.8 Å². The van der Waals surface area contributed by atoms with Gasteiger partial charge in [-0.3, -0.25) is 4.98 Å². The highest BCUT2D eigenvalue weighted by atomic mass is 35.5. The van der Waals surface area contributed by atoms with Crippen LogP contribution in [0.3, 0.4) is 0 Å². The summed E-state index contributed by atoms with van der Waals surface area (Å²) in [5, 5.41) is 0. The van der Waals surface area contributed by atoms with Gasteiger partial charge >= 0.3 is 0 Å². The number of nitrogens with zero attached hydrogens (tertiary/aromatic N) is 2. The third kappa shape index (κ3) is 2.63. The summed E-state index contributed by atoms with van der Waals surface area (Å²) in [5.41, 5.74) is 1.26. The smallest absolute Gasteiger partial charge is 0.0427 e. The van der Waals surface area contributed by atoms with Crippen molar-refractivity contribution in [3.8, 4) is 0 Å². The molecule has 1 aromatic heterocycles. The largest absolute Gasteiger partial charge is 0.367 e. The summed E-state index contributed by atoms with van der Waals surface area (Å²) in [7, 11) is 0. The Labute approximate surface area is 96.3 Å². The molecular weight excluding hydrogens is 208 g/mol. The van der Waals surface area contributed by atoms with Crippen LogP contribution in [0.25, 0.3) is 0 Å². The van der Waals surface area contributed by atoms with E-state index in [1.165, 1.54) is 31.4 Å². The summed E-state index contributed by atoms with van der Waals surface area (Å²) in [4.78, 5) is 6.49. The van der Waals surface area contributed by atoms with Crippen molar-refractivity contribution in [3.05, 3.63) is 24.5 Å². The standard InChI is InChI=1S/C12H17ClN2/c13-10-12-4-2-1-3-9-15(12)11-5-7-14-8-6-11/h5-8,12H,1-4,9-10H2. The van der Waals surface area contributed by atoms with Crippen molar-refractivity contribution >= 4 is 17.3 Å². The third-order valence-corrected chi connectivity index (χ3v) is 3.41. The molecule has 0 bridgehead atoms. The molecule has 82 valence electrons. The van der Waals surface area contributed by atoms with E-state index in [0.717, 1.165) is 12.4 Å². The maximum absolute atomic E-state index is 6.04. The molecule has 1 aliphatic rings. The summed E-state index contributed by atoms with van der Waals surface area (Å²) < 4.78 is 0. The van der Waals surface area contributed by atoms with E-state index >= 15 is 0 Å². The molecule has 0 spiro atoms. The SMILES string of the molecule is ClCC1CCCCCN1c1ccncc1. The Kier molecular flexibility index (Phi) is 3.84. The summed E-state index contributed by atoms with van der Waals surface area (Å²) in [6.07, 6.45) is 8.83. The van der Waals surface area contributed by atoms with Crippen LogP contribution in [0.5, 0.6) is 0 Å². The molecule has 2 nitrogen and oxygen atoms in total. The summed E-state index contributed by atoms with van der Waals surface area (Å²) in [6, 6.07) is 4.65. The molecule has 2 heterocycles. The monoisotopic (exact) mass is 224 g/mol. The van der Waals surface area contributed by atoms with Crippen molar-refractivity contribution in [3.63, 3.8) is 0 Å². The van der Waals surface area contributed by atoms with E-state index in [2.05, 4.69) is 22.0 Å².